The van der Waals surface area contributed by atoms with E-state index in [0.29, 0.717) is 17.2 Å². The van der Waals surface area contributed by atoms with Crippen LogP contribution in [0.4, 0.5) is 5.69 Å². The van der Waals surface area contributed by atoms with Crippen LogP contribution in [-0.4, -0.2) is 29.9 Å². The molecule has 3 unspecified atom stereocenters. The summed E-state index contributed by atoms with van der Waals surface area (Å²) in [6.45, 7) is 8.37. The Labute approximate surface area is 126 Å². The summed E-state index contributed by atoms with van der Waals surface area (Å²) in [4.78, 5) is 14.6. The first kappa shape index (κ1) is 15.5. The number of benzene rings is 1. The van der Waals surface area contributed by atoms with Crippen molar-refractivity contribution < 1.29 is 4.79 Å². The Morgan fingerprint density at radius 2 is 2.10 bits per heavy atom. The number of hydrogen-bond donors (Lipinski definition) is 1. The van der Waals surface area contributed by atoms with Crippen molar-refractivity contribution in [1.29, 1.82) is 5.26 Å². The SMILES string of the molecule is CC1CCN(C(C)C(=O)Nc2ccccc2C#N)CC1C. The third-order valence-electron chi connectivity index (χ3n) is 4.60. The molecule has 1 fully saturated rings. The minimum absolute atomic E-state index is 0.0422. The van der Waals surface area contributed by atoms with Crippen LogP contribution in [0.5, 0.6) is 0 Å². The van der Waals surface area contributed by atoms with Gasteiger partial charge in [0.25, 0.3) is 0 Å². The molecule has 4 nitrogen and oxygen atoms in total. The van der Waals surface area contributed by atoms with Gasteiger partial charge in [0.15, 0.2) is 0 Å². The van der Waals surface area contributed by atoms with Crippen molar-refractivity contribution in [2.75, 3.05) is 18.4 Å². The summed E-state index contributed by atoms with van der Waals surface area (Å²) >= 11 is 0. The number of likely N-dealkylation sites (tertiary alicyclic amines) is 1. The summed E-state index contributed by atoms with van der Waals surface area (Å²) in [6, 6.07) is 9.03. The third kappa shape index (κ3) is 3.62. The summed E-state index contributed by atoms with van der Waals surface area (Å²) in [5.41, 5.74) is 1.09. The predicted molar refractivity (Wildman–Crippen MR) is 83.8 cm³/mol. The van der Waals surface area contributed by atoms with E-state index in [-0.39, 0.29) is 11.9 Å². The van der Waals surface area contributed by atoms with Crippen LogP contribution in [0.25, 0.3) is 0 Å². The fourth-order valence-electron chi connectivity index (χ4n) is 2.74. The van der Waals surface area contributed by atoms with Gasteiger partial charge in [-0.15, -0.1) is 0 Å². The second-order valence-corrected chi connectivity index (χ2v) is 6.06. The molecule has 1 aromatic rings. The maximum Gasteiger partial charge on any atom is 0.241 e. The van der Waals surface area contributed by atoms with Crippen molar-refractivity contribution in [3.63, 3.8) is 0 Å². The molecule has 112 valence electrons. The van der Waals surface area contributed by atoms with Gasteiger partial charge >= 0.3 is 0 Å². The molecular weight excluding hydrogens is 262 g/mol. The molecule has 1 heterocycles. The normalized spacial score (nSPS) is 24.1. The molecule has 0 aliphatic carbocycles. The maximum atomic E-state index is 12.4. The maximum absolute atomic E-state index is 12.4. The van der Waals surface area contributed by atoms with E-state index in [2.05, 4.69) is 30.1 Å². The van der Waals surface area contributed by atoms with Gasteiger partial charge < -0.3 is 5.32 Å². The number of nitriles is 1. The molecule has 1 aliphatic rings. The minimum atomic E-state index is -0.174. The fourth-order valence-corrected chi connectivity index (χ4v) is 2.74. The third-order valence-corrected chi connectivity index (χ3v) is 4.60. The lowest BCUT2D eigenvalue weighted by Crippen LogP contribution is -2.48. The molecule has 21 heavy (non-hydrogen) atoms. The Bertz CT molecular complexity index is 549. The van der Waals surface area contributed by atoms with Gasteiger partial charge in [-0.2, -0.15) is 5.26 Å². The number of amides is 1. The average Bonchev–Trinajstić information content (AvgIpc) is 2.49. The molecule has 2 rings (SSSR count). The molecule has 0 spiro atoms. The second kappa shape index (κ2) is 6.73. The Kier molecular flexibility index (Phi) is 4.98. The van der Waals surface area contributed by atoms with Crippen LogP contribution in [0.15, 0.2) is 24.3 Å². The van der Waals surface area contributed by atoms with E-state index >= 15 is 0 Å². The molecule has 1 saturated heterocycles. The number of carbonyl (C=O) groups excluding carboxylic acids is 1. The Balaban J connectivity index is 2.02. The van der Waals surface area contributed by atoms with E-state index in [1.54, 1.807) is 18.2 Å². The van der Waals surface area contributed by atoms with E-state index in [9.17, 15) is 4.79 Å². The van der Waals surface area contributed by atoms with Crippen LogP contribution in [0.3, 0.4) is 0 Å². The minimum Gasteiger partial charge on any atom is -0.324 e. The number of anilines is 1. The van der Waals surface area contributed by atoms with Crippen molar-refractivity contribution in [2.45, 2.75) is 33.2 Å². The van der Waals surface area contributed by atoms with Gasteiger partial charge in [0, 0.05) is 6.54 Å². The number of hydrogen-bond acceptors (Lipinski definition) is 3. The monoisotopic (exact) mass is 285 g/mol. The summed E-state index contributed by atoms with van der Waals surface area (Å²) < 4.78 is 0. The smallest absolute Gasteiger partial charge is 0.241 e. The highest BCUT2D eigenvalue weighted by molar-refractivity contribution is 5.95. The second-order valence-electron chi connectivity index (χ2n) is 6.06. The van der Waals surface area contributed by atoms with Crippen LogP contribution in [0.1, 0.15) is 32.8 Å². The number of nitrogens with one attached hydrogen (secondary N) is 1. The van der Waals surface area contributed by atoms with E-state index in [1.165, 1.54) is 0 Å². The lowest BCUT2D eigenvalue weighted by atomic mass is 9.88. The molecule has 1 N–H and O–H groups in total. The molecule has 0 saturated carbocycles. The van der Waals surface area contributed by atoms with Gasteiger partial charge in [-0.25, -0.2) is 0 Å². The highest BCUT2D eigenvalue weighted by Gasteiger charge is 2.29. The van der Waals surface area contributed by atoms with Crippen LogP contribution in [0.2, 0.25) is 0 Å². The summed E-state index contributed by atoms with van der Waals surface area (Å²) in [7, 11) is 0. The molecule has 4 heteroatoms. The van der Waals surface area contributed by atoms with E-state index in [1.807, 2.05) is 13.0 Å². The van der Waals surface area contributed by atoms with Gasteiger partial charge in [-0.3, -0.25) is 9.69 Å². The molecule has 3 atom stereocenters. The molecule has 1 aliphatic heterocycles. The van der Waals surface area contributed by atoms with Crippen LogP contribution in [-0.2, 0) is 4.79 Å². The zero-order valence-electron chi connectivity index (χ0n) is 13.0. The van der Waals surface area contributed by atoms with Gasteiger partial charge in [-0.05, 0) is 43.9 Å². The van der Waals surface area contributed by atoms with E-state index in [4.69, 9.17) is 5.26 Å². The quantitative estimate of drug-likeness (QED) is 0.929. The summed E-state index contributed by atoms with van der Waals surface area (Å²) in [5.74, 6) is 1.29. The topological polar surface area (TPSA) is 56.1 Å². The highest BCUT2D eigenvalue weighted by atomic mass is 16.2. The largest absolute Gasteiger partial charge is 0.324 e. The first-order valence-electron chi connectivity index (χ1n) is 7.57. The molecule has 1 amide bonds. The van der Waals surface area contributed by atoms with Crippen molar-refractivity contribution >= 4 is 11.6 Å². The van der Waals surface area contributed by atoms with Crippen LogP contribution >= 0.6 is 0 Å². The molecule has 0 bridgehead atoms. The van der Waals surface area contributed by atoms with Gasteiger partial charge in [0.1, 0.15) is 6.07 Å². The predicted octanol–water partition coefficient (Wildman–Crippen LogP) is 2.86. The number of carbonyl (C=O) groups is 1. The first-order chi connectivity index (χ1) is 10.0. The zero-order valence-corrected chi connectivity index (χ0v) is 13.0. The zero-order chi connectivity index (χ0) is 15.4. The van der Waals surface area contributed by atoms with Crippen LogP contribution in [0, 0.1) is 23.2 Å². The Morgan fingerprint density at radius 1 is 1.38 bits per heavy atom. The van der Waals surface area contributed by atoms with Gasteiger partial charge in [-0.1, -0.05) is 26.0 Å². The van der Waals surface area contributed by atoms with Crippen molar-refractivity contribution in [2.24, 2.45) is 11.8 Å². The lowest BCUT2D eigenvalue weighted by Gasteiger charge is -2.38. The van der Waals surface area contributed by atoms with Crippen molar-refractivity contribution in [1.82, 2.24) is 4.90 Å². The number of piperidine rings is 1. The fraction of sp³-hybridized carbons (Fsp3) is 0.529. The van der Waals surface area contributed by atoms with Crippen LogP contribution < -0.4 is 5.32 Å². The number of nitrogens with zero attached hydrogens (tertiary/aromatic N) is 2. The molecule has 1 aromatic carbocycles. The molecule has 0 radical (unpaired) electrons. The van der Waals surface area contributed by atoms with Gasteiger partial charge in [0.2, 0.25) is 5.91 Å². The standard InChI is InChI=1S/C17H23N3O/c1-12-8-9-20(11-13(12)2)14(3)17(21)19-16-7-5-4-6-15(16)10-18/h4-7,12-14H,8-9,11H2,1-3H3,(H,19,21). The van der Waals surface area contributed by atoms with E-state index in [0.717, 1.165) is 25.4 Å². The number of rotatable bonds is 3. The first-order valence-corrected chi connectivity index (χ1v) is 7.57. The highest BCUT2D eigenvalue weighted by Crippen LogP contribution is 2.24. The Morgan fingerprint density at radius 3 is 2.76 bits per heavy atom. The van der Waals surface area contributed by atoms with Crippen molar-refractivity contribution in [3.8, 4) is 6.07 Å². The molecular formula is C17H23N3O. The van der Waals surface area contributed by atoms with Gasteiger partial charge in [0.05, 0.1) is 17.3 Å². The van der Waals surface area contributed by atoms with Crippen molar-refractivity contribution in [3.05, 3.63) is 29.8 Å². The summed E-state index contributed by atoms with van der Waals surface area (Å²) in [6.07, 6.45) is 1.13. The number of para-hydroxylation sites is 1. The Hall–Kier alpha value is -1.86. The average molecular weight is 285 g/mol. The van der Waals surface area contributed by atoms with E-state index < -0.39 is 0 Å². The lowest BCUT2D eigenvalue weighted by molar-refractivity contribution is -0.121. The molecule has 0 aromatic heterocycles. The summed E-state index contributed by atoms with van der Waals surface area (Å²) in [5, 5.41) is 12.0.